The summed E-state index contributed by atoms with van der Waals surface area (Å²) in [4.78, 5) is 11.8. The van der Waals surface area contributed by atoms with E-state index in [1.165, 1.54) is 0 Å². The second kappa shape index (κ2) is 6.93. The highest BCUT2D eigenvalue weighted by Crippen LogP contribution is 2.13. The number of carbonyl (C=O) groups is 1. The molecule has 0 aromatic carbocycles. The zero-order valence-corrected chi connectivity index (χ0v) is 10.8. The zero-order chi connectivity index (χ0) is 12.7. The van der Waals surface area contributed by atoms with Crippen molar-refractivity contribution in [2.24, 2.45) is 5.92 Å². The molecular formula is C12H24N2O3. The number of hydrogen-bond acceptors (Lipinski definition) is 4. The Morgan fingerprint density at radius 3 is 2.76 bits per heavy atom. The molecule has 1 heterocycles. The van der Waals surface area contributed by atoms with Crippen molar-refractivity contribution in [3.05, 3.63) is 0 Å². The fourth-order valence-electron chi connectivity index (χ4n) is 1.92. The topological polar surface area (TPSA) is 70.6 Å². The predicted octanol–water partition coefficient (Wildman–Crippen LogP) is -0.110. The molecule has 3 N–H and O–H groups in total. The van der Waals surface area contributed by atoms with Crippen LogP contribution in [0.25, 0.3) is 0 Å². The van der Waals surface area contributed by atoms with E-state index in [1.54, 1.807) is 14.0 Å². The summed E-state index contributed by atoms with van der Waals surface area (Å²) in [5.41, 5.74) is -0.890. The molecule has 1 aliphatic rings. The number of hydrogen-bond donors (Lipinski definition) is 3. The van der Waals surface area contributed by atoms with Gasteiger partial charge in [-0.05, 0) is 32.9 Å². The minimum Gasteiger partial charge on any atom is -0.388 e. The number of carbonyl (C=O) groups excluding carboxylic acids is 1. The molecule has 1 aliphatic heterocycles. The van der Waals surface area contributed by atoms with Gasteiger partial charge in [0.1, 0.15) is 0 Å². The minimum atomic E-state index is -0.890. The number of nitrogens with one attached hydrogen (secondary N) is 2. The molecule has 0 spiro atoms. The maximum atomic E-state index is 11.8. The molecule has 0 aliphatic carbocycles. The highest BCUT2D eigenvalue weighted by Gasteiger charge is 2.25. The number of amides is 1. The van der Waals surface area contributed by atoms with E-state index in [4.69, 9.17) is 4.74 Å². The van der Waals surface area contributed by atoms with Crippen LogP contribution in [0.15, 0.2) is 0 Å². The lowest BCUT2D eigenvalue weighted by Gasteiger charge is -2.26. The van der Waals surface area contributed by atoms with Gasteiger partial charge in [0.05, 0.1) is 5.60 Å². The number of piperidine rings is 1. The van der Waals surface area contributed by atoms with Gasteiger partial charge in [-0.3, -0.25) is 4.79 Å². The SMILES string of the molecule is COCCC(C)(O)CNC(=O)C1CCNCC1. The molecule has 1 amide bonds. The molecule has 0 aromatic rings. The van der Waals surface area contributed by atoms with E-state index in [-0.39, 0.29) is 11.8 Å². The average molecular weight is 244 g/mol. The van der Waals surface area contributed by atoms with E-state index in [0.717, 1.165) is 25.9 Å². The van der Waals surface area contributed by atoms with Crippen molar-refractivity contribution in [1.82, 2.24) is 10.6 Å². The summed E-state index contributed by atoms with van der Waals surface area (Å²) < 4.78 is 4.92. The van der Waals surface area contributed by atoms with Crippen LogP contribution in [0.5, 0.6) is 0 Å². The minimum absolute atomic E-state index is 0.0594. The van der Waals surface area contributed by atoms with Crippen molar-refractivity contribution in [3.63, 3.8) is 0 Å². The first-order valence-electron chi connectivity index (χ1n) is 6.25. The van der Waals surface area contributed by atoms with E-state index < -0.39 is 5.60 Å². The molecule has 1 unspecified atom stereocenters. The summed E-state index contributed by atoms with van der Waals surface area (Å²) in [6.07, 6.45) is 2.29. The van der Waals surface area contributed by atoms with Crippen LogP contribution < -0.4 is 10.6 Å². The Kier molecular flexibility index (Phi) is 5.88. The van der Waals surface area contributed by atoms with E-state index >= 15 is 0 Å². The molecule has 0 saturated carbocycles. The van der Waals surface area contributed by atoms with Gasteiger partial charge >= 0.3 is 0 Å². The van der Waals surface area contributed by atoms with Crippen molar-refractivity contribution in [2.45, 2.75) is 31.8 Å². The van der Waals surface area contributed by atoms with Crippen LogP contribution in [0.3, 0.4) is 0 Å². The Bertz CT molecular complexity index is 238. The molecule has 5 nitrogen and oxygen atoms in total. The summed E-state index contributed by atoms with van der Waals surface area (Å²) in [6.45, 7) is 4.31. The van der Waals surface area contributed by atoms with E-state index in [2.05, 4.69) is 10.6 Å². The fourth-order valence-corrected chi connectivity index (χ4v) is 1.92. The first kappa shape index (κ1) is 14.4. The molecule has 17 heavy (non-hydrogen) atoms. The molecule has 1 saturated heterocycles. The molecule has 0 radical (unpaired) electrons. The van der Waals surface area contributed by atoms with Crippen LogP contribution in [0.4, 0.5) is 0 Å². The smallest absolute Gasteiger partial charge is 0.223 e. The normalized spacial score (nSPS) is 20.9. The maximum absolute atomic E-state index is 11.8. The highest BCUT2D eigenvalue weighted by atomic mass is 16.5. The van der Waals surface area contributed by atoms with Crippen LogP contribution in [0, 0.1) is 5.92 Å². The number of rotatable bonds is 6. The lowest BCUT2D eigenvalue weighted by atomic mass is 9.96. The zero-order valence-electron chi connectivity index (χ0n) is 10.8. The Morgan fingerprint density at radius 2 is 2.18 bits per heavy atom. The van der Waals surface area contributed by atoms with Gasteiger partial charge in [0.15, 0.2) is 0 Å². The van der Waals surface area contributed by atoms with Gasteiger partial charge in [-0.25, -0.2) is 0 Å². The standard InChI is InChI=1S/C12H24N2O3/c1-12(16,5-8-17-2)9-14-11(15)10-3-6-13-7-4-10/h10,13,16H,3-9H2,1-2H3,(H,14,15). The van der Waals surface area contributed by atoms with Crippen molar-refractivity contribution in [2.75, 3.05) is 33.4 Å². The lowest BCUT2D eigenvalue weighted by Crippen LogP contribution is -2.45. The third-order valence-corrected chi connectivity index (χ3v) is 3.20. The van der Waals surface area contributed by atoms with Gasteiger partial charge in [0.2, 0.25) is 5.91 Å². The van der Waals surface area contributed by atoms with Crippen LogP contribution in [0.1, 0.15) is 26.2 Å². The average Bonchev–Trinajstić information content (AvgIpc) is 2.35. The predicted molar refractivity (Wildman–Crippen MR) is 65.7 cm³/mol. The fraction of sp³-hybridized carbons (Fsp3) is 0.917. The largest absolute Gasteiger partial charge is 0.388 e. The second-order valence-electron chi connectivity index (χ2n) is 4.98. The third kappa shape index (κ3) is 5.48. The first-order valence-corrected chi connectivity index (χ1v) is 6.25. The molecular weight excluding hydrogens is 220 g/mol. The van der Waals surface area contributed by atoms with Gasteiger partial charge in [-0.2, -0.15) is 0 Å². The van der Waals surface area contributed by atoms with Crippen molar-refractivity contribution in [3.8, 4) is 0 Å². The molecule has 1 fully saturated rings. The van der Waals surface area contributed by atoms with E-state index in [9.17, 15) is 9.90 Å². The Labute approximate surface area is 103 Å². The maximum Gasteiger partial charge on any atom is 0.223 e. The second-order valence-corrected chi connectivity index (χ2v) is 4.98. The van der Waals surface area contributed by atoms with E-state index in [1.807, 2.05) is 0 Å². The van der Waals surface area contributed by atoms with Crippen LogP contribution >= 0.6 is 0 Å². The molecule has 1 atom stereocenters. The van der Waals surface area contributed by atoms with Gasteiger partial charge in [0.25, 0.3) is 0 Å². The first-order chi connectivity index (χ1) is 8.05. The summed E-state index contributed by atoms with van der Waals surface area (Å²) in [5.74, 6) is 0.152. The van der Waals surface area contributed by atoms with Gasteiger partial charge in [-0.1, -0.05) is 0 Å². The summed E-state index contributed by atoms with van der Waals surface area (Å²) in [5, 5.41) is 16.0. The van der Waals surface area contributed by atoms with Crippen LogP contribution in [-0.4, -0.2) is 50.0 Å². The molecule has 5 heteroatoms. The molecule has 0 aromatic heterocycles. The van der Waals surface area contributed by atoms with Crippen LogP contribution in [0.2, 0.25) is 0 Å². The van der Waals surface area contributed by atoms with Crippen molar-refractivity contribution < 1.29 is 14.6 Å². The van der Waals surface area contributed by atoms with Crippen LogP contribution in [-0.2, 0) is 9.53 Å². The highest BCUT2D eigenvalue weighted by molar-refractivity contribution is 5.78. The summed E-state index contributed by atoms with van der Waals surface area (Å²) in [6, 6.07) is 0. The number of methoxy groups -OCH3 is 1. The quantitative estimate of drug-likeness (QED) is 0.610. The summed E-state index contributed by atoms with van der Waals surface area (Å²) in [7, 11) is 1.60. The Morgan fingerprint density at radius 1 is 1.53 bits per heavy atom. The molecule has 100 valence electrons. The van der Waals surface area contributed by atoms with Gasteiger partial charge in [0, 0.05) is 32.6 Å². The van der Waals surface area contributed by atoms with Gasteiger partial charge < -0.3 is 20.5 Å². The van der Waals surface area contributed by atoms with E-state index in [0.29, 0.717) is 19.6 Å². The third-order valence-electron chi connectivity index (χ3n) is 3.20. The number of aliphatic hydroxyl groups is 1. The van der Waals surface area contributed by atoms with Gasteiger partial charge in [-0.15, -0.1) is 0 Å². The molecule has 0 bridgehead atoms. The Hall–Kier alpha value is -0.650. The summed E-state index contributed by atoms with van der Waals surface area (Å²) >= 11 is 0. The Balaban J connectivity index is 2.26. The van der Waals surface area contributed by atoms with Crippen molar-refractivity contribution >= 4 is 5.91 Å². The van der Waals surface area contributed by atoms with Crippen molar-refractivity contribution in [1.29, 1.82) is 0 Å². The monoisotopic (exact) mass is 244 g/mol. The lowest BCUT2D eigenvalue weighted by molar-refractivity contribution is -0.127. The number of ether oxygens (including phenoxy) is 1. The molecule has 1 rings (SSSR count).